The van der Waals surface area contributed by atoms with Gasteiger partial charge >= 0.3 is 0 Å². The van der Waals surface area contributed by atoms with Crippen LogP contribution in [0.4, 0.5) is 5.69 Å². The Bertz CT molecular complexity index is 399. The summed E-state index contributed by atoms with van der Waals surface area (Å²) < 4.78 is 0. The van der Waals surface area contributed by atoms with Gasteiger partial charge in [0, 0.05) is 19.2 Å². The standard InChI is InChI=1S/C11H13NO2/c1-7-8-3-6-11(14)12(2)9(8)4-5-10(7)13/h4-5,13H,3,6H2,1-2H3. The van der Waals surface area contributed by atoms with Crippen LogP contribution in [0.15, 0.2) is 12.1 Å². The zero-order valence-electron chi connectivity index (χ0n) is 8.37. The fourth-order valence-electron chi connectivity index (χ4n) is 1.89. The second-order valence-corrected chi connectivity index (χ2v) is 3.66. The summed E-state index contributed by atoms with van der Waals surface area (Å²) >= 11 is 0. The summed E-state index contributed by atoms with van der Waals surface area (Å²) in [5.74, 6) is 0.453. The van der Waals surface area contributed by atoms with Gasteiger partial charge in [-0.15, -0.1) is 0 Å². The monoisotopic (exact) mass is 191 g/mol. The van der Waals surface area contributed by atoms with Gasteiger partial charge in [-0.05, 0) is 36.6 Å². The number of amides is 1. The lowest BCUT2D eigenvalue weighted by molar-refractivity contribution is -0.118. The number of benzene rings is 1. The molecule has 1 N–H and O–H groups in total. The highest BCUT2D eigenvalue weighted by molar-refractivity contribution is 5.96. The number of phenols is 1. The van der Waals surface area contributed by atoms with Crippen LogP contribution in [0.25, 0.3) is 0 Å². The molecule has 3 heteroatoms. The largest absolute Gasteiger partial charge is 0.508 e. The fraction of sp³-hybridized carbons (Fsp3) is 0.364. The average Bonchev–Trinajstić information content (AvgIpc) is 2.17. The Labute approximate surface area is 83.0 Å². The SMILES string of the molecule is Cc1c(O)ccc2c1CCC(=O)N2C. The van der Waals surface area contributed by atoms with E-state index >= 15 is 0 Å². The van der Waals surface area contributed by atoms with Crippen LogP contribution in [0.3, 0.4) is 0 Å². The molecule has 0 spiro atoms. The first-order chi connectivity index (χ1) is 6.61. The van der Waals surface area contributed by atoms with Gasteiger partial charge in [-0.25, -0.2) is 0 Å². The Morgan fingerprint density at radius 2 is 2.07 bits per heavy atom. The highest BCUT2D eigenvalue weighted by Gasteiger charge is 2.22. The van der Waals surface area contributed by atoms with Crippen LogP contribution >= 0.6 is 0 Å². The molecule has 0 bridgehead atoms. The Morgan fingerprint density at radius 3 is 2.79 bits per heavy atom. The number of nitrogens with zero attached hydrogens (tertiary/aromatic N) is 1. The number of hydrogen-bond acceptors (Lipinski definition) is 2. The van der Waals surface area contributed by atoms with Gasteiger partial charge in [0.05, 0.1) is 0 Å². The average molecular weight is 191 g/mol. The first-order valence-electron chi connectivity index (χ1n) is 4.69. The lowest BCUT2D eigenvalue weighted by Gasteiger charge is -2.27. The third-order valence-electron chi connectivity index (χ3n) is 2.87. The molecule has 2 rings (SSSR count). The van der Waals surface area contributed by atoms with Crippen LogP contribution in [0.2, 0.25) is 0 Å². The van der Waals surface area contributed by atoms with E-state index in [1.807, 2.05) is 6.92 Å². The van der Waals surface area contributed by atoms with Crippen LogP contribution in [-0.2, 0) is 11.2 Å². The first-order valence-corrected chi connectivity index (χ1v) is 4.69. The molecule has 0 atom stereocenters. The molecule has 0 saturated heterocycles. The molecule has 0 unspecified atom stereocenters. The minimum absolute atomic E-state index is 0.141. The molecule has 0 aliphatic carbocycles. The molecule has 1 aliphatic heterocycles. The van der Waals surface area contributed by atoms with E-state index in [9.17, 15) is 9.90 Å². The first kappa shape index (κ1) is 9.06. The van der Waals surface area contributed by atoms with Crippen molar-refractivity contribution < 1.29 is 9.90 Å². The van der Waals surface area contributed by atoms with Crippen molar-refractivity contribution >= 4 is 11.6 Å². The third kappa shape index (κ3) is 1.16. The highest BCUT2D eigenvalue weighted by Crippen LogP contribution is 2.33. The number of carbonyl (C=O) groups is 1. The predicted molar refractivity (Wildman–Crippen MR) is 54.6 cm³/mol. The van der Waals surface area contributed by atoms with Gasteiger partial charge in [-0.2, -0.15) is 0 Å². The van der Waals surface area contributed by atoms with Gasteiger partial charge in [0.2, 0.25) is 5.91 Å². The van der Waals surface area contributed by atoms with Crippen LogP contribution < -0.4 is 4.90 Å². The zero-order chi connectivity index (χ0) is 10.3. The summed E-state index contributed by atoms with van der Waals surface area (Å²) in [5, 5.41) is 9.52. The molecule has 74 valence electrons. The fourth-order valence-corrected chi connectivity index (χ4v) is 1.89. The third-order valence-corrected chi connectivity index (χ3v) is 2.87. The van der Waals surface area contributed by atoms with E-state index in [-0.39, 0.29) is 5.91 Å². The summed E-state index contributed by atoms with van der Waals surface area (Å²) in [6.07, 6.45) is 1.27. The van der Waals surface area contributed by atoms with Gasteiger partial charge in [0.25, 0.3) is 0 Å². The number of hydrogen-bond donors (Lipinski definition) is 1. The van der Waals surface area contributed by atoms with E-state index in [0.717, 1.165) is 23.2 Å². The molecular weight excluding hydrogens is 178 g/mol. The Kier molecular flexibility index (Phi) is 1.95. The molecule has 1 heterocycles. The minimum atomic E-state index is 0.141. The Hall–Kier alpha value is -1.51. The van der Waals surface area contributed by atoms with Gasteiger partial charge in [-0.1, -0.05) is 0 Å². The van der Waals surface area contributed by atoms with E-state index < -0.39 is 0 Å². The number of rotatable bonds is 0. The smallest absolute Gasteiger partial charge is 0.227 e. The van der Waals surface area contributed by atoms with Crippen molar-refractivity contribution in [3.8, 4) is 5.75 Å². The van der Waals surface area contributed by atoms with E-state index in [1.54, 1.807) is 24.1 Å². The van der Waals surface area contributed by atoms with Crippen molar-refractivity contribution in [2.24, 2.45) is 0 Å². The van der Waals surface area contributed by atoms with Crippen LogP contribution in [0, 0.1) is 6.92 Å². The normalized spacial score (nSPS) is 15.6. The molecular formula is C11H13NO2. The van der Waals surface area contributed by atoms with Crippen molar-refractivity contribution in [2.75, 3.05) is 11.9 Å². The van der Waals surface area contributed by atoms with Gasteiger partial charge in [-0.3, -0.25) is 4.79 Å². The summed E-state index contributed by atoms with van der Waals surface area (Å²) in [7, 11) is 1.77. The summed E-state index contributed by atoms with van der Waals surface area (Å²) in [5.41, 5.74) is 2.91. The van der Waals surface area contributed by atoms with E-state index in [1.165, 1.54) is 0 Å². The zero-order valence-corrected chi connectivity index (χ0v) is 8.37. The maximum atomic E-state index is 11.4. The molecule has 0 fully saturated rings. The second-order valence-electron chi connectivity index (χ2n) is 3.66. The molecule has 1 aromatic carbocycles. The lowest BCUT2D eigenvalue weighted by atomic mass is 9.96. The van der Waals surface area contributed by atoms with E-state index in [2.05, 4.69) is 0 Å². The molecule has 3 nitrogen and oxygen atoms in total. The molecule has 1 aliphatic rings. The second kappa shape index (κ2) is 3.01. The van der Waals surface area contributed by atoms with E-state index in [0.29, 0.717) is 12.2 Å². The summed E-state index contributed by atoms with van der Waals surface area (Å²) in [4.78, 5) is 13.1. The molecule has 0 saturated carbocycles. The van der Waals surface area contributed by atoms with Crippen molar-refractivity contribution in [1.29, 1.82) is 0 Å². The number of fused-ring (bicyclic) bond motifs is 1. The minimum Gasteiger partial charge on any atom is -0.508 e. The van der Waals surface area contributed by atoms with E-state index in [4.69, 9.17) is 0 Å². The van der Waals surface area contributed by atoms with Crippen LogP contribution in [0.5, 0.6) is 5.75 Å². The number of aromatic hydroxyl groups is 1. The highest BCUT2D eigenvalue weighted by atomic mass is 16.3. The van der Waals surface area contributed by atoms with Crippen molar-refractivity contribution in [3.05, 3.63) is 23.3 Å². The maximum absolute atomic E-state index is 11.4. The molecule has 0 aromatic heterocycles. The molecule has 1 aromatic rings. The molecule has 14 heavy (non-hydrogen) atoms. The van der Waals surface area contributed by atoms with Crippen LogP contribution in [0.1, 0.15) is 17.5 Å². The quantitative estimate of drug-likeness (QED) is 0.676. The van der Waals surface area contributed by atoms with Crippen molar-refractivity contribution in [1.82, 2.24) is 0 Å². The predicted octanol–water partition coefficient (Wildman–Crippen LogP) is 1.61. The number of phenolic OH excluding ortho intramolecular Hbond substituents is 1. The topological polar surface area (TPSA) is 40.5 Å². The van der Waals surface area contributed by atoms with Gasteiger partial charge in [0.15, 0.2) is 0 Å². The number of anilines is 1. The molecule has 0 radical (unpaired) electrons. The maximum Gasteiger partial charge on any atom is 0.227 e. The van der Waals surface area contributed by atoms with Gasteiger partial charge in [0.1, 0.15) is 5.75 Å². The Morgan fingerprint density at radius 1 is 1.36 bits per heavy atom. The number of carbonyl (C=O) groups excluding carboxylic acids is 1. The van der Waals surface area contributed by atoms with Gasteiger partial charge < -0.3 is 10.0 Å². The lowest BCUT2D eigenvalue weighted by Crippen LogP contribution is -2.31. The summed E-state index contributed by atoms with van der Waals surface area (Å²) in [6.45, 7) is 1.89. The van der Waals surface area contributed by atoms with Crippen molar-refractivity contribution in [3.63, 3.8) is 0 Å². The van der Waals surface area contributed by atoms with Crippen molar-refractivity contribution in [2.45, 2.75) is 19.8 Å². The Balaban J connectivity index is 2.59. The summed E-state index contributed by atoms with van der Waals surface area (Å²) in [6, 6.07) is 3.44. The molecule has 1 amide bonds. The van der Waals surface area contributed by atoms with Crippen LogP contribution in [-0.4, -0.2) is 18.1 Å².